The van der Waals surface area contributed by atoms with Crippen molar-refractivity contribution in [1.29, 1.82) is 0 Å². The van der Waals surface area contributed by atoms with Crippen LogP contribution in [0.2, 0.25) is 0 Å². The van der Waals surface area contributed by atoms with Gasteiger partial charge in [-0.05, 0) is 27.7 Å². The lowest BCUT2D eigenvalue weighted by Crippen LogP contribution is -2.55. The fourth-order valence-electron chi connectivity index (χ4n) is 1.37. The predicted octanol–water partition coefficient (Wildman–Crippen LogP) is 2.49. The molecular weight excluding hydrogens is 261 g/mol. The Kier molecular flexibility index (Phi) is 3.46. The summed E-state index contributed by atoms with van der Waals surface area (Å²) in [5.74, 6) is 0. The Labute approximate surface area is 115 Å². The highest BCUT2D eigenvalue weighted by molar-refractivity contribution is 5.68. The van der Waals surface area contributed by atoms with E-state index in [-0.39, 0.29) is 6.54 Å². The van der Waals surface area contributed by atoms with Crippen LogP contribution in [0.4, 0.5) is 18.0 Å². The van der Waals surface area contributed by atoms with Gasteiger partial charge < -0.3 is 9.64 Å². The van der Waals surface area contributed by atoms with Gasteiger partial charge in [-0.25, -0.2) is 4.79 Å². The van der Waals surface area contributed by atoms with E-state index in [4.69, 9.17) is 4.11 Å². The van der Waals surface area contributed by atoms with Crippen LogP contribution in [0.3, 0.4) is 0 Å². The van der Waals surface area contributed by atoms with Gasteiger partial charge in [0, 0.05) is 34.4 Å². The summed E-state index contributed by atoms with van der Waals surface area (Å²) in [7, 11) is 0. The summed E-state index contributed by atoms with van der Waals surface area (Å²) < 4.78 is 65.4. The number of hydrogen-bond donors (Lipinski definition) is 0. The zero-order valence-corrected chi connectivity index (χ0v) is 11.4. The van der Waals surface area contributed by atoms with E-state index < -0.39 is 43.5 Å². The van der Waals surface area contributed by atoms with Crippen molar-refractivity contribution in [2.45, 2.75) is 45.5 Å². The molecule has 7 heteroatoms. The molecule has 4 nitrogen and oxygen atoms in total. The normalized spacial score (nSPS) is 34.2. The molecule has 19 heavy (non-hydrogen) atoms. The van der Waals surface area contributed by atoms with E-state index in [0.717, 1.165) is 0 Å². The number of amides is 1. The molecule has 1 aliphatic heterocycles. The highest BCUT2D eigenvalue weighted by atomic mass is 19.4. The Bertz CT molecular complexity index is 417. The van der Waals surface area contributed by atoms with Crippen molar-refractivity contribution >= 4 is 6.09 Å². The van der Waals surface area contributed by atoms with Crippen molar-refractivity contribution in [3.05, 3.63) is 0 Å². The number of carbonyl (C=O) groups is 1. The topological polar surface area (TPSA) is 32.8 Å². The van der Waals surface area contributed by atoms with Crippen LogP contribution in [0.1, 0.15) is 31.8 Å². The van der Waals surface area contributed by atoms with E-state index in [1.54, 1.807) is 20.8 Å². The largest absolute Gasteiger partial charge is 0.437 e. The first-order valence-electron chi connectivity index (χ1n) is 7.59. The molecule has 0 aliphatic carbocycles. The van der Waals surface area contributed by atoms with Crippen LogP contribution >= 0.6 is 0 Å². The van der Waals surface area contributed by atoms with Gasteiger partial charge in [0.25, 0.3) is 0 Å². The van der Waals surface area contributed by atoms with Gasteiger partial charge in [-0.15, -0.1) is 0 Å². The zero-order chi connectivity index (χ0) is 17.5. The van der Waals surface area contributed by atoms with Crippen LogP contribution in [0.5, 0.6) is 0 Å². The predicted molar refractivity (Wildman–Crippen MR) is 64.9 cm³/mol. The SMILES string of the molecule is [2H]C1C([2H])N(C(C)(C)C)C([2H])CN1C(=O)OC(C)C(F)(F)F. The van der Waals surface area contributed by atoms with Gasteiger partial charge in [-0.1, -0.05) is 0 Å². The third-order valence-corrected chi connectivity index (χ3v) is 2.63. The third-order valence-electron chi connectivity index (χ3n) is 2.63. The number of halogens is 3. The fraction of sp³-hybridized carbons (Fsp3) is 0.917. The Balaban J connectivity index is 2.85. The second-order valence-electron chi connectivity index (χ2n) is 5.28. The van der Waals surface area contributed by atoms with Crippen molar-refractivity contribution in [2.24, 2.45) is 0 Å². The first kappa shape index (κ1) is 11.8. The number of nitrogens with zero attached hydrogens (tertiary/aromatic N) is 2. The quantitative estimate of drug-likeness (QED) is 0.742. The summed E-state index contributed by atoms with van der Waals surface area (Å²) in [4.78, 5) is 13.9. The lowest BCUT2D eigenvalue weighted by atomic mass is 10.1. The monoisotopic (exact) mass is 285 g/mol. The number of rotatable bonds is 1. The maximum Gasteiger partial charge on any atom is 0.425 e. The molecule has 0 aromatic carbocycles. The Morgan fingerprint density at radius 3 is 2.32 bits per heavy atom. The Morgan fingerprint density at radius 1 is 1.26 bits per heavy atom. The standard InChI is InChI=1S/C12H21F3N2O2/c1-9(12(13,14)15)19-10(18)16-5-7-17(8-6-16)11(2,3)4/h9H,5-8H2,1-4H3/i5D,7D,8D. The molecule has 1 heterocycles. The Morgan fingerprint density at radius 2 is 1.84 bits per heavy atom. The van der Waals surface area contributed by atoms with E-state index in [2.05, 4.69) is 4.74 Å². The molecule has 4 unspecified atom stereocenters. The van der Waals surface area contributed by atoms with Crippen LogP contribution in [0.15, 0.2) is 0 Å². The molecule has 0 bridgehead atoms. The molecule has 0 saturated carbocycles. The summed E-state index contributed by atoms with van der Waals surface area (Å²) in [6.45, 7) is 2.02. The fourth-order valence-corrected chi connectivity index (χ4v) is 1.37. The van der Waals surface area contributed by atoms with E-state index in [1.807, 2.05) is 0 Å². The summed E-state index contributed by atoms with van der Waals surface area (Å²) in [6.07, 6.45) is -8.32. The van der Waals surface area contributed by atoms with E-state index in [1.165, 1.54) is 4.90 Å². The molecule has 1 rings (SSSR count). The van der Waals surface area contributed by atoms with Crippen molar-refractivity contribution < 1.29 is 26.8 Å². The van der Waals surface area contributed by atoms with Crippen molar-refractivity contribution in [2.75, 3.05) is 26.1 Å². The lowest BCUT2D eigenvalue weighted by Gasteiger charge is -2.42. The minimum Gasteiger partial charge on any atom is -0.437 e. The minimum atomic E-state index is -4.69. The summed E-state index contributed by atoms with van der Waals surface area (Å²) in [5, 5.41) is 0. The summed E-state index contributed by atoms with van der Waals surface area (Å²) in [5.41, 5.74) is -0.576. The van der Waals surface area contributed by atoms with Crippen LogP contribution in [0.25, 0.3) is 0 Å². The van der Waals surface area contributed by atoms with Crippen LogP contribution < -0.4 is 0 Å². The maximum absolute atomic E-state index is 12.4. The molecule has 0 aromatic rings. The average molecular weight is 285 g/mol. The van der Waals surface area contributed by atoms with Gasteiger partial charge in [-0.2, -0.15) is 13.2 Å². The third kappa shape index (κ3) is 4.56. The highest BCUT2D eigenvalue weighted by Crippen LogP contribution is 2.23. The van der Waals surface area contributed by atoms with Crippen LogP contribution in [0, 0.1) is 0 Å². The van der Waals surface area contributed by atoms with Crippen molar-refractivity contribution in [3.8, 4) is 0 Å². The van der Waals surface area contributed by atoms with E-state index in [9.17, 15) is 18.0 Å². The van der Waals surface area contributed by atoms with E-state index >= 15 is 0 Å². The average Bonchev–Trinajstić information content (AvgIpc) is 2.30. The highest BCUT2D eigenvalue weighted by Gasteiger charge is 2.40. The van der Waals surface area contributed by atoms with Crippen LogP contribution in [-0.2, 0) is 4.74 Å². The number of ether oxygens (including phenoxy) is 1. The second-order valence-corrected chi connectivity index (χ2v) is 5.28. The molecule has 0 radical (unpaired) electrons. The molecule has 0 spiro atoms. The second kappa shape index (κ2) is 5.56. The smallest absolute Gasteiger partial charge is 0.425 e. The first-order valence-corrected chi connectivity index (χ1v) is 5.86. The molecule has 1 aliphatic rings. The molecule has 1 amide bonds. The van der Waals surface area contributed by atoms with Crippen molar-refractivity contribution in [3.63, 3.8) is 0 Å². The van der Waals surface area contributed by atoms with Gasteiger partial charge in [0.1, 0.15) is 0 Å². The van der Waals surface area contributed by atoms with Crippen LogP contribution in [-0.4, -0.2) is 59.8 Å². The van der Waals surface area contributed by atoms with Gasteiger partial charge in [0.15, 0.2) is 6.10 Å². The molecule has 4 atom stereocenters. The maximum atomic E-state index is 12.4. The van der Waals surface area contributed by atoms with Gasteiger partial charge in [0.05, 0.1) is 1.37 Å². The number of hydrogen-bond acceptors (Lipinski definition) is 3. The van der Waals surface area contributed by atoms with E-state index in [0.29, 0.717) is 11.8 Å². The minimum absolute atomic E-state index is 0.287. The molecular formula is C12H21F3N2O2. The molecule has 1 saturated heterocycles. The summed E-state index contributed by atoms with van der Waals surface area (Å²) in [6, 6.07) is 0. The lowest BCUT2D eigenvalue weighted by molar-refractivity contribution is -0.200. The molecule has 0 N–H and O–H groups in total. The molecule has 112 valence electrons. The number of piperazine rings is 1. The number of carbonyl (C=O) groups excluding carboxylic acids is 1. The van der Waals surface area contributed by atoms with Crippen molar-refractivity contribution in [1.82, 2.24) is 9.80 Å². The molecule has 1 fully saturated rings. The number of alkyl halides is 3. The van der Waals surface area contributed by atoms with Gasteiger partial charge in [-0.3, -0.25) is 4.90 Å². The van der Waals surface area contributed by atoms with Gasteiger partial charge >= 0.3 is 12.3 Å². The summed E-state index contributed by atoms with van der Waals surface area (Å²) >= 11 is 0. The van der Waals surface area contributed by atoms with Gasteiger partial charge in [0.2, 0.25) is 0 Å². The Hall–Kier alpha value is -0.980. The first-order chi connectivity index (χ1) is 9.76. The zero-order valence-electron chi connectivity index (χ0n) is 14.4. The molecule has 0 aromatic heterocycles.